The van der Waals surface area contributed by atoms with Crippen LogP contribution >= 0.6 is 0 Å². The number of nitrogens with zero attached hydrogens (tertiary/aromatic N) is 2. The molecule has 2 unspecified atom stereocenters. The van der Waals surface area contributed by atoms with Crippen LogP contribution in [0.4, 0.5) is 0 Å². The third-order valence-electron chi connectivity index (χ3n) is 4.73. The van der Waals surface area contributed by atoms with E-state index < -0.39 is 0 Å². The predicted octanol–water partition coefficient (Wildman–Crippen LogP) is 2.58. The molecule has 1 aromatic rings. The third-order valence-corrected chi connectivity index (χ3v) is 4.73. The number of fused-ring (bicyclic) bond motifs is 2. The van der Waals surface area contributed by atoms with Gasteiger partial charge in [-0.2, -0.15) is 0 Å². The van der Waals surface area contributed by atoms with Crippen molar-refractivity contribution in [1.29, 1.82) is 0 Å². The van der Waals surface area contributed by atoms with Crippen LogP contribution < -0.4 is 5.32 Å². The lowest BCUT2D eigenvalue weighted by Crippen LogP contribution is -2.55. The lowest BCUT2D eigenvalue weighted by molar-refractivity contribution is 0.0180. The topological polar surface area (TPSA) is 28.2 Å². The van der Waals surface area contributed by atoms with Gasteiger partial charge in [0.15, 0.2) is 0 Å². The fourth-order valence-electron chi connectivity index (χ4n) is 3.89. The maximum absolute atomic E-state index is 4.12. The van der Waals surface area contributed by atoms with Crippen LogP contribution in [0.3, 0.4) is 0 Å². The molecule has 1 aromatic heterocycles. The van der Waals surface area contributed by atoms with Gasteiger partial charge in [0.1, 0.15) is 0 Å². The fourth-order valence-corrected chi connectivity index (χ4v) is 3.89. The average Bonchev–Trinajstić information content (AvgIpc) is 2.41. The van der Waals surface area contributed by atoms with E-state index in [0.29, 0.717) is 0 Å². The maximum atomic E-state index is 4.12. The van der Waals surface area contributed by atoms with Gasteiger partial charge in [0.05, 0.1) is 0 Å². The van der Waals surface area contributed by atoms with Gasteiger partial charge in [-0.05, 0) is 49.9 Å². The zero-order valence-corrected chi connectivity index (χ0v) is 11.9. The van der Waals surface area contributed by atoms with Gasteiger partial charge in [-0.25, -0.2) is 0 Å². The normalized spacial score (nSPS) is 31.3. The minimum atomic E-state index is 0.744. The molecule has 2 aliphatic rings. The van der Waals surface area contributed by atoms with Crippen molar-refractivity contribution >= 4 is 0 Å². The van der Waals surface area contributed by atoms with Crippen LogP contribution in [0.1, 0.15) is 44.6 Å². The first kappa shape index (κ1) is 13.1. The highest BCUT2D eigenvalue weighted by atomic mass is 15.2. The van der Waals surface area contributed by atoms with Gasteiger partial charge >= 0.3 is 0 Å². The molecule has 0 amide bonds. The maximum Gasteiger partial charge on any atom is 0.0271 e. The summed E-state index contributed by atoms with van der Waals surface area (Å²) >= 11 is 0. The number of hydrogen-bond acceptors (Lipinski definition) is 3. The van der Waals surface area contributed by atoms with Crippen molar-refractivity contribution in [3.05, 3.63) is 30.1 Å². The van der Waals surface area contributed by atoms with Gasteiger partial charge in [-0.15, -0.1) is 0 Å². The molecule has 2 aliphatic heterocycles. The lowest BCUT2D eigenvalue weighted by Gasteiger charge is -2.49. The van der Waals surface area contributed by atoms with Gasteiger partial charge in [0, 0.05) is 37.1 Å². The molecule has 3 nitrogen and oxygen atoms in total. The highest BCUT2D eigenvalue weighted by molar-refractivity contribution is 5.11. The second-order valence-electron chi connectivity index (χ2n) is 5.99. The zero-order valence-electron chi connectivity index (χ0n) is 11.9. The average molecular weight is 259 g/mol. The van der Waals surface area contributed by atoms with Gasteiger partial charge in [-0.3, -0.25) is 9.88 Å². The second-order valence-corrected chi connectivity index (χ2v) is 5.99. The Morgan fingerprint density at radius 3 is 2.53 bits per heavy atom. The summed E-state index contributed by atoms with van der Waals surface area (Å²) in [6.45, 7) is 4.43. The predicted molar refractivity (Wildman–Crippen MR) is 77.9 cm³/mol. The fraction of sp³-hybridized carbons (Fsp3) is 0.688. The molecule has 3 rings (SSSR count). The smallest absolute Gasteiger partial charge is 0.0271 e. The highest BCUT2D eigenvalue weighted by Crippen LogP contribution is 2.35. The number of nitrogens with one attached hydrogen (secondary N) is 1. The van der Waals surface area contributed by atoms with Crippen LogP contribution in [0.25, 0.3) is 0 Å². The Kier molecular flexibility index (Phi) is 4.14. The van der Waals surface area contributed by atoms with E-state index in [9.17, 15) is 0 Å². The van der Waals surface area contributed by atoms with Crippen molar-refractivity contribution in [1.82, 2.24) is 15.2 Å². The SMILES string of the molecule is CCNC1CC2CCCC(C1)N2Cc1ccncc1. The van der Waals surface area contributed by atoms with Gasteiger partial charge in [0.2, 0.25) is 0 Å². The quantitative estimate of drug-likeness (QED) is 0.901. The van der Waals surface area contributed by atoms with E-state index in [4.69, 9.17) is 0 Å². The Morgan fingerprint density at radius 1 is 1.21 bits per heavy atom. The van der Waals surface area contributed by atoms with Crippen LogP contribution in [0, 0.1) is 0 Å². The van der Waals surface area contributed by atoms with Gasteiger partial charge in [-0.1, -0.05) is 13.3 Å². The standard InChI is InChI=1S/C16H25N3/c1-2-18-14-10-15-4-3-5-16(11-14)19(15)12-13-6-8-17-9-7-13/h6-9,14-16,18H,2-5,10-12H2,1H3. The van der Waals surface area contributed by atoms with E-state index in [2.05, 4.69) is 34.3 Å². The van der Waals surface area contributed by atoms with Crippen molar-refractivity contribution in [2.45, 2.75) is 63.7 Å². The molecular weight excluding hydrogens is 234 g/mol. The molecule has 19 heavy (non-hydrogen) atoms. The van der Waals surface area contributed by atoms with E-state index >= 15 is 0 Å². The molecule has 3 heterocycles. The molecule has 2 fully saturated rings. The van der Waals surface area contributed by atoms with Gasteiger partial charge < -0.3 is 5.32 Å². The van der Waals surface area contributed by atoms with E-state index in [1.165, 1.54) is 37.7 Å². The number of piperidine rings is 2. The molecule has 0 saturated carbocycles. The largest absolute Gasteiger partial charge is 0.314 e. The minimum absolute atomic E-state index is 0.744. The first-order chi connectivity index (χ1) is 9.36. The summed E-state index contributed by atoms with van der Waals surface area (Å²) < 4.78 is 0. The molecule has 2 atom stereocenters. The van der Waals surface area contributed by atoms with E-state index in [1.807, 2.05) is 12.4 Å². The third kappa shape index (κ3) is 2.98. The molecule has 0 radical (unpaired) electrons. The number of aromatic nitrogens is 1. The van der Waals surface area contributed by atoms with Crippen molar-refractivity contribution in [3.8, 4) is 0 Å². The zero-order chi connectivity index (χ0) is 13.1. The summed E-state index contributed by atoms with van der Waals surface area (Å²) in [6, 6.07) is 6.63. The monoisotopic (exact) mass is 259 g/mol. The second kappa shape index (κ2) is 6.02. The molecular formula is C16H25N3. The summed E-state index contributed by atoms with van der Waals surface area (Å²) in [4.78, 5) is 6.88. The molecule has 0 aliphatic carbocycles. The molecule has 2 bridgehead atoms. The van der Waals surface area contributed by atoms with Crippen LogP contribution in [0.15, 0.2) is 24.5 Å². The first-order valence-corrected chi connectivity index (χ1v) is 7.75. The Hall–Kier alpha value is -0.930. The number of hydrogen-bond donors (Lipinski definition) is 1. The molecule has 2 saturated heterocycles. The first-order valence-electron chi connectivity index (χ1n) is 7.75. The summed E-state index contributed by atoms with van der Waals surface area (Å²) in [6.07, 6.45) is 10.7. The van der Waals surface area contributed by atoms with E-state index in [-0.39, 0.29) is 0 Å². The Morgan fingerprint density at radius 2 is 1.89 bits per heavy atom. The Balaban J connectivity index is 1.68. The summed E-state index contributed by atoms with van der Waals surface area (Å²) in [5, 5.41) is 3.66. The summed E-state index contributed by atoms with van der Waals surface area (Å²) in [5.41, 5.74) is 1.41. The van der Waals surface area contributed by atoms with Crippen molar-refractivity contribution in [2.75, 3.05) is 6.54 Å². The minimum Gasteiger partial charge on any atom is -0.314 e. The van der Waals surface area contributed by atoms with Gasteiger partial charge in [0.25, 0.3) is 0 Å². The van der Waals surface area contributed by atoms with Crippen LogP contribution in [0.2, 0.25) is 0 Å². The highest BCUT2D eigenvalue weighted by Gasteiger charge is 2.37. The van der Waals surface area contributed by atoms with Crippen LogP contribution in [-0.2, 0) is 6.54 Å². The Labute approximate surface area is 116 Å². The molecule has 1 N–H and O–H groups in total. The lowest BCUT2D eigenvalue weighted by atomic mass is 9.81. The number of rotatable bonds is 4. The van der Waals surface area contributed by atoms with Crippen LogP contribution in [-0.4, -0.2) is 34.6 Å². The molecule has 0 spiro atoms. The van der Waals surface area contributed by atoms with Crippen molar-refractivity contribution in [2.24, 2.45) is 0 Å². The summed E-state index contributed by atoms with van der Waals surface area (Å²) in [5.74, 6) is 0. The molecule has 3 heteroatoms. The molecule has 104 valence electrons. The summed E-state index contributed by atoms with van der Waals surface area (Å²) in [7, 11) is 0. The van der Waals surface area contributed by atoms with Crippen molar-refractivity contribution in [3.63, 3.8) is 0 Å². The Bertz CT molecular complexity index is 378. The number of pyridine rings is 1. The van der Waals surface area contributed by atoms with Crippen molar-refractivity contribution < 1.29 is 0 Å². The van der Waals surface area contributed by atoms with E-state index in [0.717, 1.165) is 31.2 Å². The molecule has 0 aromatic carbocycles. The van der Waals surface area contributed by atoms with E-state index in [1.54, 1.807) is 0 Å². The van der Waals surface area contributed by atoms with Crippen LogP contribution in [0.5, 0.6) is 0 Å².